The number of nitrogens with zero attached hydrogens (tertiary/aromatic N) is 1. The van der Waals surface area contributed by atoms with E-state index >= 15 is 0 Å². The van der Waals surface area contributed by atoms with Crippen molar-refractivity contribution in [3.05, 3.63) is 27.2 Å². The molecule has 1 atom stereocenters. The maximum atomic E-state index is 5.82. The first-order valence-corrected chi connectivity index (χ1v) is 4.74. The van der Waals surface area contributed by atoms with Crippen LogP contribution < -0.4 is 0 Å². The minimum atomic E-state index is -0.299. The zero-order valence-electron chi connectivity index (χ0n) is 5.35. The quantitative estimate of drug-likeness (QED) is 0.552. The van der Waals surface area contributed by atoms with Crippen LogP contribution in [0.5, 0.6) is 0 Å². The molecule has 0 aromatic carbocycles. The van der Waals surface area contributed by atoms with E-state index in [4.69, 9.17) is 34.8 Å². The summed E-state index contributed by atoms with van der Waals surface area (Å²) in [5.41, 5.74) is 0. The van der Waals surface area contributed by atoms with E-state index in [-0.39, 0.29) is 5.38 Å². The van der Waals surface area contributed by atoms with Gasteiger partial charge in [-0.15, -0.1) is 29.5 Å². The Morgan fingerprint density at radius 1 is 1.55 bits per heavy atom. The molecule has 0 fully saturated rings. The molecule has 0 aliphatic heterocycles. The standard InChI is InChI=1S/C6H4Cl3NS/c1-2-3(7)4-5(8)10-6(9)11-4/h2-3H,1H2. The number of halogens is 3. The molecule has 0 N–H and O–H groups in total. The van der Waals surface area contributed by atoms with Gasteiger partial charge in [-0.1, -0.05) is 29.3 Å². The third-order valence-corrected chi connectivity index (χ3v) is 3.21. The van der Waals surface area contributed by atoms with Crippen molar-refractivity contribution in [2.45, 2.75) is 5.38 Å². The zero-order chi connectivity index (χ0) is 8.43. The smallest absolute Gasteiger partial charge is 0.185 e. The van der Waals surface area contributed by atoms with Gasteiger partial charge < -0.3 is 0 Å². The molecule has 0 radical (unpaired) electrons. The molecule has 0 aliphatic carbocycles. The summed E-state index contributed by atoms with van der Waals surface area (Å²) in [6.07, 6.45) is 1.58. The lowest BCUT2D eigenvalue weighted by Gasteiger charge is -1.96. The van der Waals surface area contributed by atoms with Crippen molar-refractivity contribution < 1.29 is 0 Å². The van der Waals surface area contributed by atoms with Gasteiger partial charge in [0.2, 0.25) is 0 Å². The molecule has 0 spiro atoms. The molecule has 1 aromatic heterocycles. The van der Waals surface area contributed by atoms with E-state index in [1.165, 1.54) is 11.3 Å². The molecule has 1 aromatic rings. The highest BCUT2D eigenvalue weighted by molar-refractivity contribution is 7.16. The molecular formula is C6H4Cl3NS. The fourth-order valence-corrected chi connectivity index (χ4v) is 2.26. The van der Waals surface area contributed by atoms with Crippen LogP contribution in [0.1, 0.15) is 10.3 Å². The van der Waals surface area contributed by atoms with Crippen molar-refractivity contribution in [1.82, 2.24) is 4.98 Å². The highest BCUT2D eigenvalue weighted by Crippen LogP contribution is 2.35. The Kier molecular flexibility index (Phi) is 3.19. The molecule has 1 nitrogen and oxygen atoms in total. The van der Waals surface area contributed by atoms with E-state index in [2.05, 4.69) is 11.6 Å². The van der Waals surface area contributed by atoms with Gasteiger partial charge in [0, 0.05) is 0 Å². The number of hydrogen-bond donors (Lipinski definition) is 0. The summed E-state index contributed by atoms with van der Waals surface area (Å²) in [4.78, 5) is 4.54. The molecule has 1 rings (SSSR count). The first-order valence-electron chi connectivity index (χ1n) is 2.73. The number of allylic oxidation sites excluding steroid dienone is 1. The lowest BCUT2D eigenvalue weighted by atomic mass is 10.4. The predicted octanol–water partition coefficient (Wildman–Crippen LogP) is 3.92. The van der Waals surface area contributed by atoms with Crippen LogP contribution in [-0.2, 0) is 0 Å². The van der Waals surface area contributed by atoms with E-state index in [0.717, 1.165) is 4.88 Å². The normalized spacial score (nSPS) is 13.0. The van der Waals surface area contributed by atoms with Gasteiger partial charge in [0.05, 0.1) is 10.3 Å². The van der Waals surface area contributed by atoms with Crippen LogP contribution in [0, 0.1) is 0 Å². The van der Waals surface area contributed by atoms with E-state index in [0.29, 0.717) is 9.62 Å². The largest absolute Gasteiger partial charge is 0.213 e. The Hall–Kier alpha value is 0.240. The fraction of sp³-hybridized carbons (Fsp3) is 0.167. The molecule has 0 saturated heterocycles. The number of alkyl halides is 1. The van der Waals surface area contributed by atoms with Crippen LogP contribution in [-0.4, -0.2) is 4.98 Å². The molecule has 0 aliphatic rings. The average Bonchev–Trinajstić information content (AvgIpc) is 2.28. The van der Waals surface area contributed by atoms with Crippen LogP contribution in [0.25, 0.3) is 0 Å². The first kappa shape index (κ1) is 9.33. The monoisotopic (exact) mass is 227 g/mol. The van der Waals surface area contributed by atoms with Crippen LogP contribution in [0.3, 0.4) is 0 Å². The van der Waals surface area contributed by atoms with Gasteiger partial charge >= 0.3 is 0 Å². The molecule has 11 heavy (non-hydrogen) atoms. The summed E-state index contributed by atoms with van der Waals surface area (Å²) in [7, 11) is 0. The SMILES string of the molecule is C=CC(Cl)c1sc(Cl)nc1Cl. The van der Waals surface area contributed by atoms with Crippen molar-refractivity contribution in [2.75, 3.05) is 0 Å². The second kappa shape index (κ2) is 3.76. The van der Waals surface area contributed by atoms with Crippen molar-refractivity contribution in [2.24, 2.45) is 0 Å². The molecule has 0 amide bonds. The summed E-state index contributed by atoms with van der Waals surface area (Å²) in [6.45, 7) is 3.53. The molecule has 60 valence electrons. The van der Waals surface area contributed by atoms with E-state index in [1.807, 2.05) is 0 Å². The van der Waals surface area contributed by atoms with Gasteiger partial charge in [-0.25, -0.2) is 4.98 Å². The molecular weight excluding hydrogens is 224 g/mol. The Balaban J connectivity index is 3.02. The second-order valence-corrected chi connectivity index (χ2v) is 4.20. The summed E-state index contributed by atoms with van der Waals surface area (Å²) < 4.78 is 0.400. The number of aromatic nitrogens is 1. The molecule has 1 unspecified atom stereocenters. The highest BCUT2D eigenvalue weighted by Gasteiger charge is 2.13. The van der Waals surface area contributed by atoms with Crippen LogP contribution in [0.15, 0.2) is 12.7 Å². The lowest BCUT2D eigenvalue weighted by Crippen LogP contribution is -1.79. The topological polar surface area (TPSA) is 12.9 Å². The van der Waals surface area contributed by atoms with Gasteiger partial charge in [0.1, 0.15) is 5.15 Å². The van der Waals surface area contributed by atoms with Crippen molar-refractivity contribution in [1.29, 1.82) is 0 Å². The van der Waals surface area contributed by atoms with Gasteiger partial charge in [-0.05, 0) is 0 Å². The molecule has 0 saturated carbocycles. The Morgan fingerprint density at radius 2 is 2.18 bits per heavy atom. The third-order valence-electron chi connectivity index (χ3n) is 1.04. The van der Waals surface area contributed by atoms with Gasteiger partial charge in [-0.2, -0.15) is 0 Å². The van der Waals surface area contributed by atoms with E-state index in [9.17, 15) is 0 Å². The van der Waals surface area contributed by atoms with E-state index in [1.54, 1.807) is 6.08 Å². The minimum Gasteiger partial charge on any atom is -0.213 e. The van der Waals surface area contributed by atoms with Gasteiger partial charge in [-0.3, -0.25) is 0 Å². The lowest BCUT2D eigenvalue weighted by molar-refractivity contribution is 1.25. The molecule has 1 heterocycles. The average molecular weight is 229 g/mol. The Bertz CT molecular complexity index is 271. The minimum absolute atomic E-state index is 0.299. The highest BCUT2D eigenvalue weighted by atomic mass is 35.5. The Morgan fingerprint density at radius 3 is 2.55 bits per heavy atom. The van der Waals surface area contributed by atoms with Gasteiger partial charge in [0.25, 0.3) is 0 Å². The second-order valence-electron chi connectivity index (χ2n) is 1.76. The zero-order valence-corrected chi connectivity index (χ0v) is 8.44. The maximum Gasteiger partial charge on any atom is 0.185 e. The number of thiazole rings is 1. The Labute approximate surface area is 83.6 Å². The van der Waals surface area contributed by atoms with Crippen molar-refractivity contribution in [3.63, 3.8) is 0 Å². The van der Waals surface area contributed by atoms with Crippen molar-refractivity contribution in [3.8, 4) is 0 Å². The van der Waals surface area contributed by atoms with Crippen LogP contribution in [0.4, 0.5) is 0 Å². The molecule has 0 bridgehead atoms. The molecule has 5 heteroatoms. The number of hydrogen-bond acceptors (Lipinski definition) is 2. The predicted molar refractivity (Wildman–Crippen MR) is 50.9 cm³/mol. The fourth-order valence-electron chi connectivity index (χ4n) is 0.565. The number of rotatable bonds is 2. The summed E-state index contributed by atoms with van der Waals surface area (Å²) in [6, 6.07) is 0. The summed E-state index contributed by atoms with van der Waals surface area (Å²) in [5.74, 6) is 0. The summed E-state index contributed by atoms with van der Waals surface area (Å²) >= 11 is 18.4. The van der Waals surface area contributed by atoms with Crippen LogP contribution in [0.2, 0.25) is 9.62 Å². The summed E-state index contributed by atoms with van der Waals surface area (Å²) in [5, 5.41) is 0.0624. The first-order chi connectivity index (χ1) is 5.15. The van der Waals surface area contributed by atoms with Crippen LogP contribution >= 0.6 is 46.1 Å². The maximum absolute atomic E-state index is 5.82. The third kappa shape index (κ3) is 2.09. The van der Waals surface area contributed by atoms with E-state index < -0.39 is 0 Å². The van der Waals surface area contributed by atoms with Crippen molar-refractivity contribution >= 4 is 46.1 Å². The van der Waals surface area contributed by atoms with Gasteiger partial charge in [0.15, 0.2) is 4.47 Å².